The summed E-state index contributed by atoms with van der Waals surface area (Å²) in [4.78, 5) is 12.7. The largest absolute Gasteiger partial charge is 0.493 e. The quantitative estimate of drug-likeness (QED) is 0.577. The molecule has 29 heavy (non-hydrogen) atoms. The molecule has 0 radical (unpaired) electrons. The molecule has 1 unspecified atom stereocenters. The molecule has 7 nitrogen and oxygen atoms in total. The number of hydrogen-bond acceptors (Lipinski definition) is 5. The summed E-state index contributed by atoms with van der Waals surface area (Å²) in [6, 6.07) is 13.3. The van der Waals surface area contributed by atoms with E-state index in [1.165, 1.54) is 0 Å². The molecule has 3 aromatic rings. The molecule has 0 saturated carbocycles. The average molecular weight is 413 g/mol. The molecule has 1 aromatic heterocycles. The second-order valence-corrected chi connectivity index (χ2v) is 7.10. The normalized spacial score (nSPS) is 11.7. The van der Waals surface area contributed by atoms with Crippen LogP contribution in [0.3, 0.4) is 0 Å². The molecule has 0 spiro atoms. The minimum atomic E-state index is -0.217. The fourth-order valence-electron chi connectivity index (χ4n) is 3.11. The Morgan fingerprint density at radius 1 is 1.21 bits per heavy atom. The van der Waals surface area contributed by atoms with Gasteiger partial charge in [0.15, 0.2) is 22.1 Å². The number of aromatic amines is 1. The van der Waals surface area contributed by atoms with Gasteiger partial charge < -0.3 is 14.8 Å². The van der Waals surface area contributed by atoms with Crippen molar-refractivity contribution in [1.82, 2.24) is 20.1 Å². The summed E-state index contributed by atoms with van der Waals surface area (Å²) in [5, 5.41) is 10.1. The van der Waals surface area contributed by atoms with E-state index < -0.39 is 0 Å². The van der Waals surface area contributed by atoms with E-state index in [0.717, 1.165) is 16.7 Å². The van der Waals surface area contributed by atoms with Crippen molar-refractivity contribution < 1.29 is 14.3 Å². The summed E-state index contributed by atoms with van der Waals surface area (Å²) in [5.74, 6) is 1.72. The van der Waals surface area contributed by atoms with E-state index in [0.29, 0.717) is 22.1 Å². The highest BCUT2D eigenvalue weighted by atomic mass is 32.1. The van der Waals surface area contributed by atoms with E-state index in [9.17, 15) is 4.79 Å². The second kappa shape index (κ2) is 8.91. The number of benzene rings is 2. The smallest absolute Gasteiger partial charge is 0.240 e. The number of carbonyl (C=O) groups excluding carboxylic acids is 1. The van der Waals surface area contributed by atoms with Crippen molar-refractivity contribution in [1.29, 1.82) is 0 Å². The molecule has 1 heterocycles. The van der Waals surface area contributed by atoms with Crippen molar-refractivity contribution in [3.05, 3.63) is 58.4 Å². The Balaban J connectivity index is 1.76. The van der Waals surface area contributed by atoms with E-state index in [2.05, 4.69) is 15.5 Å². The van der Waals surface area contributed by atoms with Crippen LogP contribution in [0.2, 0.25) is 0 Å². The first-order chi connectivity index (χ1) is 13.9. The van der Waals surface area contributed by atoms with Crippen LogP contribution in [0, 0.1) is 11.7 Å². The maximum absolute atomic E-state index is 12.7. The Bertz CT molecular complexity index is 1070. The van der Waals surface area contributed by atoms with E-state index in [1.807, 2.05) is 56.3 Å². The van der Waals surface area contributed by atoms with E-state index in [-0.39, 0.29) is 18.5 Å². The van der Waals surface area contributed by atoms with Crippen LogP contribution in [-0.2, 0) is 11.3 Å². The number of ether oxygens (including phenoxy) is 2. The van der Waals surface area contributed by atoms with Crippen LogP contribution in [-0.4, -0.2) is 34.9 Å². The van der Waals surface area contributed by atoms with Gasteiger partial charge >= 0.3 is 0 Å². The molecule has 3 rings (SSSR count). The van der Waals surface area contributed by atoms with Crippen molar-refractivity contribution >= 4 is 18.1 Å². The molecular weight excluding hydrogens is 388 g/mol. The zero-order valence-electron chi connectivity index (χ0n) is 16.9. The number of carbonyl (C=O) groups is 1. The van der Waals surface area contributed by atoms with Gasteiger partial charge in [0.2, 0.25) is 5.91 Å². The first-order valence-corrected chi connectivity index (χ1v) is 9.57. The van der Waals surface area contributed by atoms with E-state index in [4.69, 9.17) is 21.7 Å². The predicted octanol–water partition coefficient (Wildman–Crippen LogP) is 3.81. The molecule has 8 heteroatoms. The van der Waals surface area contributed by atoms with Gasteiger partial charge in [0.25, 0.3) is 0 Å². The van der Waals surface area contributed by atoms with Gasteiger partial charge in [0.1, 0.15) is 6.54 Å². The van der Waals surface area contributed by atoms with Crippen LogP contribution in [0.1, 0.15) is 24.1 Å². The minimum Gasteiger partial charge on any atom is -0.493 e. The fraction of sp³-hybridized carbons (Fsp3) is 0.286. The van der Waals surface area contributed by atoms with Gasteiger partial charge in [-0.15, -0.1) is 0 Å². The highest BCUT2D eigenvalue weighted by Gasteiger charge is 2.16. The maximum Gasteiger partial charge on any atom is 0.240 e. The Kier molecular flexibility index (Phi) is 6.33. The molecule has 152 valence electrons. The Labute approximate surface area is 174 Å². The number of rotatable bonds is 7. The number of nitrogens with one attached hydrogen (secondary N) is 2. The molecule has 0 saturated heterocycles. The molecule has 0 aliphatic carbocycles. The minimum absolute atomic E-state index is 0.0657. The van der Waals surface area contributed by atoms with Crippen LogP contribution in [0.25, 0.3) is 11.4 Å². The van der Waals surface area contributed by atoms with Crippen LogP contribution in [0.15, 0.2) is 42.5 Å². The first-order valence-electron chi connectivity index (χ1n) is 9.16. The number of methoxy groups -OCH3 is 2. The summed E-state index contributed by atoms with van der Waals surface area (Å²) >= 11 is 5.33. The highest BCUT2D eigenvalue weighted by Crippen LogP contribution is 2.29. The lowest BCUT2D eigenvalue weighted by atomic mass is 10.1. The van der Waals surface area contributed by atoms with Gasteiger partial charge in [0, 0.05) is 5.56 Å². The summed E-state index contributed by atoms with van der Waals surface area (Å²) < 4.78 is 12.7. The SMILES string of the molecule is COc1ccc(C(C)NC(=O)Cn2c(-c3cccc(C)c3)n[nH]c2=S)cc1OC. The first kappa shape index (κ1) is 20.6. The molecule has 0 bridgehead atoms. The number of aromatic nitrogens is 3. The van der Waals surface area contributed by atoms with E-state index >= 15 is 0 Å². The number of hydrogen-bond donors (Lipinski definition) is 2. The zero-order chi connectivity index (χ0) is 21.0. The molecular formula is C21H24N4O3S. The maximum atomic E-state index is 12.7. The fourth-order valence-corrected chi connectivity index (χ4v) is 3.30. The van der Waals surface area contributed by atoms with Crippen molar-refractivity contribution in [2.45, 2.75) is 26.4 Å². The molecule has 2 N–H and O–H groups in total. The van der Waals surface area contributed by atoms with Crippen molar-refractivity contribution in [3.63, 3.8) is 0 Å². The van der Waals surface area contributed by atoms with Gasteiger partial charge in [-0.05, 0) is 49.8 Å². The van der Waals surface area contributed by atoms with Crippen molar-refractivity contribution in [2.75, 3.05) is 14.2 Å². The molecule has 0 aliphatic heterocycles. The number of H-pyrrole nitrogens is 1. The molecule has 1 atom stereocenters. The van der Waals surface area contributed by atoms with Crippen LogP contribution >= 0.6 is 12.2 Å². The van der Waals surface area contributed by atoms with Gasteiger partial charge in [-0.3, -0.25) is 14.5 Å². The number of nitrogens with zero attached hydrogens (tertiary/aromatic N) is 2. The third-order valence-corrected chi connectivity index (χ3v) is 4.93. The lowest BCUT2D eigenvalue weighted by Crippen LogP contribution is -2.30. The highest BCUT2D eigenvalue weighted by molar-refractivity contribution is 7.71. The number of amides is 1. The summed E-state index contributed by atoms with van der Waals surface area (Å²) in [5.41, 5.74) is 2.92. The van der Waals surface area contributed by atoms with Crippen LogP contribution in [0.4, 0.5) is 0 Å². The standard InChI is InChI=1S/C21H24N4O3S/c1-13-6-5-7-16(10-13)20-23-24-21(29)25(20)12-19(26)22-14(2)15-8-9-17(27-3)18(11-15)28-4/h5-11,14H,12H2,1-4H3,(H,22,26)(H,24,29). The molecule has 1 amide bonds. The zero-order valence-corrected chi connectivity index (χ0v) is 17.7. The van der Waals surface area contributed by atoms with Crippen molar-refractivity contribution in [3.8, 4) is 22.9 Å². The number of aryl methyl sites for hydroxylation is 1. The van der Waals surface area contributed by atoms with E-state index in [1.54, 1.807) is 18.8 Å². The third kappa shape index (κ3) is 4.65. The van der Waals surface area contributed by atoms with Gasteiger partial charge in [0.05, 0.1) is 20.3 Å². The summed E-state index contributed by atoms with van der Waals surface area (Å²) in [7, 11) is 3.17. The summed E-state index contributed by atoms with van der Waals surface area (Å²) in [6.45, 7) is 3.98. The third-order valence-electron chi connectivity index (χ3n) is 4.62. The topological polar surface area (TPSA) is 81.2 Å². The lowest BCUT2D eigenvalue weighted by molar-refractivity contribution is -0.122. The molecule has 0 aliphatic rings. The van der Waals surface area contributed by atoms with Gasteiger partial charge in [-0.25, -0.2) is 0 Å². The van der Waals surface area contributed by atoms with Gasteiger partial charge in [-0.2, -0.15) is 5.10 Å². The van der Waals surface area contributed by atoms with Gasteiger partial charge in [-0.1, -0.05) is 29.8 Å². The molecule has 0 fully saturated rings. The average Bonchev–Trinajstić information content (AvgIpc) is 3.07. The predicted molar refractivity (Wildman–Crippen MR) is 114 cm³/mol. The molecule has 2 aromatic carbocycles. The van der Waals surface area contributed by atoms with Crippen LogP contribution in [0.5, 0.6) is 11.5 Å². The Morgan fingerprint density at radius 3 is 2.66 bits per heavy atom. The summed E-state index contributed by atoms with van der Waals surface area (Å²) in [6.07, 6.45) is 0. The lowest BCUT2D eigenvalue weighted by Gasteiger charge is -2.17. The Hall–Kier alpha value is -3.13. The monoisotopic (exact) mass is 412 g/mol. The van der Waals surface area contributed by atoms with Crippen LogP contribution < -0.4 is 14.8 Å². The second-order valence-electron chi connectivity index (χ2n) is 6.71. The van der Waals surface area contributed by atoms with Crippen molar-refractivity contribution in [2.24, 2.45) is 0 Å². The Morgan fingerprint density at radius 2 is 1.97 bits per heavy atom.